The van der Waals surface area contributed by atoms with Crippen molar-refractivity contribution in [2.45, 2.75) is 32.4 Å². The first-order valence-corrected chi connectivity index (χ1v) is 11.6. The molecule has 1 fully saturated rings. The number of para-hydroxylation sites is 1. The number of aryl methyl sites for hydroxylation is 1. The normalized spacial score (nSPS) is 14.6. The Labute approximate surface area is 198 Å². The van der Waals surface area contributed by atoms with Crippen LogP contribution in [0.3, 0.4) is 0 Å². The molecule has 0 saturated carbocycles. The number of carbonyl (C=O) groups is 3. The van der Waals surface area contributed by atoms with Gasteiger partial charge in [-0.2, -0.15) is 0 Å². The molecule has 1 atom stereocenters. The standard InChI is InChI=1S/C25H30N6O3/c1-18(24(33)28-17-20-6-4-5-11-26-20)29-25(34)31-14-12-30(13-15-31)23(32)10-9-19-16-27-22-8-3-2-7-21(19)22/h2-8,11,16,18,27H,9-10,12-15,17H2,1H3,(H,28,33)(H,29,34). The first-order valence-electron chi connectivity index (χ1n) is 11.6. The lowest BCUT2D eigenvalue weighted by molar-refractivity contribution is -0.132. The van der Waals surface area contributed by atoms with Gasteiger partial charge in [0.15, 0.2) is 0 Å². The highest BCUT2D eigenvalue weighted by atomic mass is 16.2. The average molecular weight is 463 g/mol. The monoisotopic (exact) mass is 462 g/mol. The van der Waals surface area contributed by atoms with E-state index in [0.29, 0.717) is 45.6 Å². The largest absolute Gasteiger partial charge is 0.361 e. The summed E-state index contributed by atoms with van der Waals surface area (Å²) >= 11 is 0. The lowest BCUT2D eigenvalue weighted by Gasteiger charge is -2.35. The van der Waals surface area contributed by atoms with E-state index in [1.807, 2.05) is 47.5 Å². The molecule has 0 bridgehead atoms. The minimum absolute atomic E-state index is 0.0904. The minimum Gasteiger partial charge on any atom is -0.361 e. The molecular weight excluding hydrogens is 432 g/mol. The molecule has 4 rings (SSSR count). The third kappa shape index (κ3) is 5.72. The lowest BCUT2D eigenvalue weighted by atomic mass is 10.1. The summed E-state index contributed by atoms with van der Waals surface area (Å²) in [5, 5.41) is 6.66. The summed E-state index contributed by atoms with van der Waals surface area (Å²) in [5.74, 6) is -0.183. The van der Waals surface area contributed by atoms with E-state index < -0.39 is 6.04 Å². The van der Waals surface area contributed by atoms with Gasteiger partial charge in [0.2, 0.25) is 11.8 Å². The number of nitrogens with zero attached hydrogens (tertiary/aromatic N) is 3. The smallest absolute Gasteiger partial charge is 0.318 e. The van der Waals surface area contributed by atoms with Crippen LogP contribution in [0.15, 0.2) is 54.9 Å². The molecule has 3 heterocycles. The minimum atomic E-state index is -0.674. The summed E-state index contributed by atoms with van der Waals surface area (Å²) in [4.78, 5) is 48.4. The van der Waals surface area contributed by atoms with Crippen molar-refractivity contribution in [1.29, 1.82) is 0 Å². The molecule has 9 heteroatoms. The molecule has 1 aromatic carbocycles. The Bertz CT molecular complexity index is 1140. The number of fused-ring (bicyclic) bond motifs is 1. The second kappa shape index (κ2) is 10.8. The number of urea groups is 1. The van der Waals surface area contributed by atoms with Crippen LogP contribution in [0.5, 0.6) is 0 Å². The van der Waals surface area contributed by atoms with Crippen molar-refractivity contribution in [2.75, 3.05) is 26.2 Å². The van der Waals surface area contributed by atoms with E-state index in [1.165, 1.54) is 0 Å². The number of H-pyrrole nitrogens is 1. The molecule has 2 aromatic heterocycles. The van der Waals surface area contributed by atoms with E-state index in [1.54, 1.807) is 18.0 Å². The highest BCUT2D eigenvalue weighted by Gasteiger charge is 2.26. The van der Waals surface area contributed by atoms with Gasteiger partial charge < -0.3 is 25.4 Å². The van der Waals surface area contributed by atoms with E-state index in [0.717, 1.165) is 22.2 Å². The van der Waals surface area contributed by atoms with Crippen molar-refractivity contribution < 1.29 is 14.4 Å². The van der Waals surface area contributed by atoms with E-state index in [2.05, 4.69) is 26.7 Å². The number of hydrogen-bond donors (Lipinski definition) is 3. The molecule has 34 heavy (non-hydrogen) atoms. The van der Waals surface area contributed by atoms with Gasteiger partial charge in [-0.3, -0.25) is 14.6 Å². The number of rotatable bonds is 7. The van der Waals surface area contributed by atoms with E-state index in [9.17, 15) is 14.4 Å². The van der Waals surface area contributed by atoms with Gasteiger partial charge in [0.05, 0.1) is 12.2 Å². The van der Waals surface area contributed by atoms with Crippen LogP contribution in [0.2, 0.25) is 0 Å². The van der Waals surface area contributed by atoms with Gasteiger partial charge in [0.1, 0.15) is 6.04 Å². The van der Waals surface area contributed by atoms with Gasteiger partial charge in [0.25, 0.3) is 0 Å². The molecule has 1 saturated heterocycles. The number of aromatic nitrogens is 2. The van der Waals surface area contributed by atoms with Crippen molar-refractivity contribution in [3.63, 3.8) is 0 Å². The lowest BCUT2D eigenvalue weighted by Crippen LogP contribution is -2.56. The topological polar surface area (TPSA) is 110 Å². The molecule has 9 nitrogen and oxygen atoms in total. The van der Waals surface area contributed by atoms with Crippen molar-refractivity contribution in [1.82, 2.24) is 30.4 Å². The second-order valence-electron chi connectivity index (χ2n) is 8.44. The van der Waals surface area contributed by atoms with Gasteiger partial charge >= 0.3 is 6.03 Å². The van der Waals surface area contributed by atoms with Crippen molar-refractivity contribution in [3.8, 4) is 0 Å². The Morgan fingerprint density at radius 3 is 2.53 bits per heavy atom. The van der Waals surface area contributed by atoms with Gasteiger partial charge in [-0.15, -0.1) is 0 Å². The Balaban J connectivity index is 1.18. The Kier molecular flexibility index (Phi) is 7.41. The molecule has 4 amide bonds. The second-order valence-corrected chi connectivity index (χ2v) is 8.44. The molecule has 0 spiro atoms. The number of amides is 4. The number of aromatic amines is 1. The van der Waals surface area contributed by atoms with Crippen molar-refractivity contribution in [2.24, 2.45) is 0 Å². The van der Waals surface area contributed by atoms with E-state index >= 15 is 0 Å². The molecule has 178 valence electrons. The fraction of sp³-hybridized carbons (Fsp3) is 0.360. The van der Waals surface area contributed by atoms with Gasteiger partial charge in [-0.25, -0.2) is 4.79 Å². The first-order chi connectivity index (χ1) is 16.5. The molecule has 1 unspecified atom stereocenters. The number of benzene rings is 1. The Morgan fingerprint density at radius 2 is 1.76 bits per heavy atom. The Morgan fingerprint density at radius 1 is 1.03 bits per heavy atom. The highest BCUT2D eigenvalue weighted by Crippen LogP contribution is 2.19. The average Bonchev–Trinajstić information content (AvgIpc) is 3.29. The third-order valence-corrected chi connectivity index (χ3v) is 6.11. The zero-order valence-electron chi connectivity index (χ0n) is 19.3. The van der Waals surface area contributed by atoms with Crippen molar-refractivity contribution in [3.05, 3.63) is 66.1 Å². The summed E-state index contributed by atoms with van der Waals surface area (Å²) in [7, 11) is 0. The van der Waals surface area contributed by atoms with Gasteiger partial charge in [-0.1, -0.05) is 24.3 Å². The zero-order chi connectivity index (χ0) is 23.9. The maximum Gasteiger partial charge on any atom is 0.318 e. The molecule has 0 aliphatic carbocycles. The van der Waals surface area contributed by atoms with Crippen LogP contribution in [-0.2, 0) is 22.6 Å². The molecular formula is C25H30N6O3. The molecule has 1 aliphatic rings. The zero-order valence-corrected chi connectivity index (χ0v) is 19.3. The third-order valence-electron chi connectivity index (χ3n) is 6.11. The van der Waals surface area contributed by atoms with Crippen LogP contribution in [0, 0.1) is 0 Å². The molecule has 1 aliphatic heterocycles. The van der Waals surface area contributed by atoms with Gasteiger partial charge in [0, 0.05) is 55.9 Å². The van der Waals surface area contributed by atoms with E-state index in [4.69, 9.17) is 0 Å². The SMILES string of the molecule is CC(NC(=O)N1CCN(C(=O)CCc2c[nH]c3ccccc23)CC1)C(=O)NCc1ccccn1. The summed E-state index contributed by atoms with van der Waals surface area (Å²) in [6, 6.07) is 12.6. The fourth-order valence-electron chi connectivity index (χ4n) is 4.07. The van der Waals surface area contributed by atoms with Crippen LogP contribution in [-0.4, -0.2) is 69.8 Å². The quantitative estimate of drug-likeness (QED) is 0.499. The maximum absolute atomic E-state index is 12.7. The van der Waals surface area contributed by atoms with Crippen molar-refractivity contribution >= 4 is 28.7 Å². The van der Waals surface area contributed by atoms with Crippen LogP contribution in [0.25, 0.3) is 10.9 Å². The maximum atomic E-state index is 12.7. The summed E-state index contributed by atoms with van der Waals surface area (Å²) in [6.07, 6.45) is 4.74. The fourth-order valence-corrected chi connectivity index (χ4v) is 4.07. The van der Waals surface area contributed by atoms with Crippen LogP contribution in [0.4, 0.5) is 4.79 Å². The number of piperazine rings is 1. The molecule has 0 radical (unpaired) electrons. The summed E-state index contributed by atoms with van der Waals surface area (Å²) in [6.45, 7) is 3.80. The predicted octanol–water partition coefficient (Wildman–Crippen LogP) is 2.05. The molecule has 3 N–H and O–H groups in total. The van der Waals surface area contributed by atoms with Crippen LogP contribution >= 0.6 is 0 Å². The summed E-state index contributed by atoms with van der Waals surface area (Å²) < 4.78 is 0. The molecule has 3 aromatic rings. The Hall–Kier alpha value is -3.88. The predicted molar refractivity (Wildman–Crippen MR) is 129 cm³/mol. The van der Waals surface area contributed by atoms with Crippen LogP contribution in [0.1, 0.15) is 24.6 Å². The summed E-state index contributed by atoms with van der Waals surface area (Å²) in [5.41, 5.74) is 2.96. The number of carbonyl (C=O) groups excluding carboxylic acids is 3. The number of nitrogens with one attached hydrogen (secondary N) is 3. The number of pyridine rings is 1. The highest BCUT2D eigenvalue weighted by molar-refractivity contribution is 5.87. The van der Waals surface area contributed by atoms with Gasteiger partial charge in [-0.05, 0) is 37.1 Å². The van der Waals surface area contributed by atoms with E-state index in [-0.39, 0.29) is 17.8 Å². The first kappa shape index (κ1) is 23.3. The number of hydrogen-bond acceptors (Lipinski definition) is 4. The van der Waals surface area contributed by atoms with Crippen LogP contribution < -0.4 is 10.6 Å².